The van der Waals surface area contributed by atoms with Crippen LogP contribution in [0.1, 0.15) is 57.9 Å². The van der Waals surface area contributed by atoms with Gasteiger partial charge in [0.2, 0.25) is 5.91 Å². The highest BCUT2D eigenvalue weighted by Crippen LogP contribution is 2.13. The van der Waals surface area contributed by atoms with Gasteiger partial charge < -0.3 is 25.8 Å². The lowest BCUT2D eigenvalue weighted by molar-refractivity contribution is -0.133. The van der Waals surface area contributed by atoms with Gasteiger partial charge >= 0.3 is 6.09 Å². The zero-order valence-corrected chi connectivity index (χ0v) is 18.4. The predicted molar refractivity (Wildman–Crippen MR) is 117 cm³/mol. The molecule has 1 saturated heterocycles. The number of rotatable bonds is 6. The summed E-state index contributed by atoms with van der Waals surface area (Å²) in [5, 5.41) is 18.6. The summed E-state index contributed by atoms with van der Waals surface area (Å²) in [6, 6.07) is 7.69. The van der Waals surface area contributed by atoms with Gasteiger partial charge in [0, 0.05) is 6.54 Å². The molecule has 2 rings (SSSR count). The van der Waals surface area contributed by atoms with E-state index in [-0.39, 0.29) is 12.5 Å². The van der Waals surface area contributed by atoms with Crippen LogP contribution in [-0.2, 0) is 20.9 Å². The highest BCUT2D eigenvalue weighted by Gasteiger charge is 2.31. The first-order chi connectivity index (χ1) is 14.9. The molecule has 172 valence electrons. The van der Waals surface area contributed by atoms with Gasteiger partial charge in [0.1, 0.15) is 12.6 Å². The Bertz CT molecular complexity index is 710. The lowest BCUT2D eigenvalue weighted by Crippen LogP contribution is -2.56. The van der Waals surface area contributed by atoms with Crippen LogP contribution in [0.5, 0.6) is 0 Å². The topological polar surface area (TPSA) is 117 Å². The number of ether oxygens (including phenoxy) is 1. The van der Waals surface area contributed by atoms with Crippen molar-refractivity contribution >= 4 is 17.9 Å². The largest absolute Gasteiger partial charge is 0.445 e. The summed E-state index contributed by atoms with van der Waals surface area (Å²) in [5.74, 6) is -1.14. The highest BCUT2D eigenvalue weighted by atomic mass is 16.5. The zero-order valence-electron chi connectivity index (χ0n) is 18.4. The van der Waals surface area contributed by atoms with Gasteiger partial charge in [-0.25, -0.2) is 4.79 Å². The van der Waals surface area contributed by atoms with Crippen LogP contribution in [0, 0.1) is 5.92 Å². The van der Waals surface area contributed by atoms with Crippen LogP contribution in [0.2, 0.25) is 0 Å². The molecule has 0 bridgehead atoms. The number of benzene rings is 1. The van der Waals surface area contributed by atoms with Crippen LogP contribution >= 0.6 is 0 Å². The van der Waals surface area contributed by atoms with Crippen LogP contribution in [-0.4, -0.2) is 47.7 Å². The van der Waals surface area contributed by atoms with E-state index in [2.05, 4.69) is 16.0 Å². The van der Waals surface area contributed by atoms with E-state index < -0.39 is 36.1 Å². The molecule has 8 nitrogen and oxygen atoms in total. The third kappa shape index (κ3) is 8.57. The van der Waals surface area contributed by atoms with Crippen molar-refractivity contribution in [3.05, 3.63) is 35.9 Å². The first kappa shape index (κ1) is 24.7. The maximum Gasteiger partial charge on any atom is 0.408 e. The standard InChI is InChI=1S/C23H35N3O5/c1-16(2)19(26-23(30)31-15-17-11-7-6-8-12-17)21(28)25-18-13-9-4-3-5-10-14-24-22(29)20(18)27/h6-8,11-12,16,18-20,27H,3-5,9-10,13-15H2,1-2H3,(H,24,29)(H,25,28)(H,26,30)/t18-,19-,20?/m0/s1. The first-order valence-corrected chi connectivity index (χ1v) is 11.1. The summed E-state index contributed by atoms with van der Waals surface area (Å²) in [7, 11) is 0. The van der Waals surface area contributed by atoms with Crippen molar-refractivity contribution in [3.63, 3.8) is 0 Å². The summed E-state index contributed by atoms with van der Waals surface area (Å²) in [6.45, 7) is 4.23. The second kappa shape index (κ2) is 12.9. The third-order valence-corrected chi connectivity index (χ3v) is 5.40. The van der Waals surface area contributed by atoms with Gasteiger partial charge in [0.05, 0.1) is 6.04 Å². The molecule has 1 heterocycles. The number of amides is 3. The Morgan fingerprint density at radius 3 is 2.52 bits per heavy atom. The lowest BCUT2D eigenvalue weighted by atomic mass is 9.99. The molecule has 0 saturated carbocycles. The Labute approximate surface area is 184 Å². The zero-order chi connectivity index (χ0) is 22.6. The van der Waals surface area contributed by atoms with Crippen LogP contribution in [0.25, 0.3) is 0 Å². The molecule has 0 aliphatic carbocycles. The first-order valence-electron chi connectivity index (χ1n) is 11.1. The maximum absolute atomic E-state index is 12.9. The van der Waals surface area contributed by atoms with Crippen molar-refractivity contribution in [1.82, 2.24) is 16.0 Å². The molecular formula is C23H35N3O5. The summed E-state index contributed by atoms with van der Waals surface area (Å²) < 4.78 is 5.22. The van der Waals surface area contributed by atoms with Gasteiger partial charge in [-0.1, -0.05) is 69.9 Å². The molecule has 0 radical (unpaired) electrons. The van der Waals surface area contributed by atoms with E-state index in [0.717, 1.165) is 37.7 Å². The van der Waals surface area contributed by atoms with Gasteiger partial charge in [-0.3, -0.25) is 9.59 Å². The number of nitrogens with one attached hydrogen (secondary N) is 3. The molecule has 1 unspecified atom stereocenters. The van der Waals surface area contributed by atoms with Crippen LogP contribution in [0.4, 0.5) is 4.79 Å². The maximum atomic E-state index is 12.9. The SMILES string of the molecule is CC(C)[C@H](NC(=O)OCc1ccccc1)C(=O)N[C@H]1CCCCCCCNC(=O)C1O. The van der Waals surface area contributed by atoms with E-state index in [1.807, 2.05) is 44.2 Å². The molecule has 1 aromatic rings. The van der Waals surface area contributed by atoms with E-state index in [4.69, 9.17) is 4.74 Å². The van der Waals surface area contributed by atoms with Crippen molar-refractivity contribution in [3.8, 4) is 0 Å². The molecule has 4 N–H and O–H groups in total. The lowest BCUT2D eigenvalue weighted by Gasteiger charge is -2.27. The molecule has 3 amide bonds. The molecule has 1 fully saturated rings. The second-order valence-corrected chi connectivity index (χ2v) is 8.34. The molecule has 3 atom stereocenters. The van der Waals surface area contributed by atoms with Gasteiger partial charge in [-0.05, 0) is 24.3 Å². The van der Waals surface area contributed by atoms with Crippen molar-refractivity contribution < 1.29 is 24.2 Å². The van der Waals surface area contributed by atoms with E-state index >= 15 is 0 Å². The van der Waals surface area contributed by atoms with Gasteiger partial charge in [-0.2, -0.15) is 0 Å². The average Bonchev–Trinajstić information content (AvgIpc) is 2.79. The fourth-order valence-electron chi connectivity index (χ4n) is 3.53. The number of carbonyl (C=O) groups excluding carboxylic acids is 3. The Hall–Kier alpha value is -2.61. The number of carbonyl (C=O) groups is 3. The average molecular weight is 434 g/mol. The number of hydrogen-bond acceptors (Lipinski definition) is 5. The summed E-state index contributed by atoms with van der Waals surface area (Å²) >= 11 is 0. The van der Waals surface area contributed by atoms with Crippen molar-refractivity contribution in [2.45, 2.75) is 77.2 Å². The molecule has 0 aromatic heterocycles. The molecule has 1 aromatic carbocycles. The molecule has 1 aliphatic heterocycles. The Kier molecular flexibility index (Phi) is 10.3. The second-order valence-electron chi connectivity index (χ2n) is 8.34. The fraction of sp³-hybridized carbons (Fsp3) is 0.609. The van der Waals surface area contributed by atoms with E-state index in [9.17, 15) is 19.5 Å². The van der Waals surface area contributed by atoms with Crippen molar-refractivity contribution in [1.29, 1.82) is 0 Å². The predicted octanol–water partition coefficient (Wildman–Crippen LogP) is 2.25. The van der Waals surface area contributed by atoms with Crippen LogP contribution in [0.15, 0.2) is 30.3 Å². The minimum absolute atomic E-state index is 0.0978. The fourth-order valence-corrected chi connectivity index (χ4v) is 3.53. The summed E-state index contributed by atoms with van der Waals surface area (Å²) in [5.41, 5.74) is 0.842. The summed E-state index contributed by atoms with van der Waals surface area (Å²) in [4.78, 5) is 37.4. The monoisotopic (exact) mass is 433 g/mol. The van der Waals surface area contributed by atoms with Gasteiger partial charge in [0.15, 0.2) is 6.10 Å². The van der Waals surface area contributed by atoms with Gasteiger partial charge in [0.25, 0.3) is 5.91 Å². The molecule has 1 aliphatic rings. The quantitative estimate of drug-likeness (QED) is 0.549. The minimum atomic E-state index is -1.33. The Morgan fingerprint density at radius 2 is 1.81 bits per heavy atom. The van der Waals surface area contributed by atoms with Crippen molar-refractivity contribution in [2.75, 3.05) is 6.54 Å². The van der Waals surface area contributed by atoms with Crippen LogP contribution < -0.4 is 16.0 Å². The number of aliphatic hydroxyl groups excluding tert-OH is 1. The number of hydrogen-bond donors (Lipinski definition) is 4. The molecular weight excluding hydrogens is 398 g/mol. The molecule has 8 heteroatoms. The third-order valence-electron chi connectivity index (χ3n) is 5.40. The van der Waals surface area contributed by atoms with E-state index in [0.29, 0.717) is 13.0 Å². The van der Waals surface area contributed by atoms with Gasteiger partial charge in [-0.15, -0.1) is 0 Å². The molecule has 0 spiro atoms. The smallest absolute Gasteiger partial charge is 0.408 e. The van der Waals surface area contributed by atoms with E-state index in [1.54, 1.807) is 0 Å². The van der Waals surface area contributed by atoms with Crippen molar-refractivity contribution in [2.24, 2.45) is 5.92 Å². The summed E-state index contributed by atoms with van der Waals surface area (Å²) in [6.07, 6.45) is 3.19. The minimum Gasteiger partial charge on any atom is -0.445 e. The molecule has 31 heavy (non-hydrogen) atoms. The highest BCUT2D eigenvalue weighted by molar-refractivity contribution is 5.87. The number of aliphatic hydroxyl groups is 1. The number of alkyl carbamates (subject to hydrolysis) is 1. The van der Waals surface area contributed by atoms with E-state index in [1.165, 1.54) is 0 Å². The normalized spacial score (nSPS) is 21.4. The van der Waals surface area contributed by atoms with Crippen LogP contribution in [0.3, 0.4) is 0 Å². The Balaban J connectivity index is 1.96. The Morgan fingerprint density at radius 1 is 1.13 bits per heavy atom.